The Labute approximate surface area is 138 Å². The molecule has 0 spiro atoms. The van der Waals surface area contributed by atoms with Crippen molar-refractivity contribution in [2.75, 3.05) is 11.1 Å². The highest BCUT2D eigenvalue weighted by molar-refractivity contribution is 5.72. The second-order valence-electron chi connectivity index (χ2n) is 5.90. The van der Waals surface area contributed by atoms with Crippen LogP contribution in [-0.4, -0.2) is 6.04 Å². The molecule has 0 aliphatic heterocycles. The number of hydrogen-bond donors (Lipinski definition) is 2. The number of anilines is 2. The van der Waals surface area contributed by atoms with Crippen LogP contribution in [0.4, 0.5) is 11.4 Å². The van der Waals surface area contributed by atoms with Crippen molar-refractivity contribution in [2.45, 2.75) is 59.4 Å². The second-order valence-corrected chi connectivity index (χ2v) is 5.90. The second kappa shape index (κ2) is 8.51. The highest BCUT2D eigenvalue weighted by Gasteiger charge is 2.26. The minimum atomic E-state index is -0.580. The quantitative estimate of drug-likeness (QED) is 0.642. The van der Waals surface area contributed by atoms with E-state index in [-0.39, 0.29) is 17.4 Å². The van der Waals surface area contributed by atoms with E-state index in [0.717, 1.165) is 24.8 Å². The van der Waals surface area contributed by atoms with Crippen molar-refractivity contribution in [1.82, 2.24) is 0 Å². The molecule has 4 nitrogen and oxygen atoms in total. The van der Waals surface area contributed by atoms with Gasteiger partial charge in [0.1, 0.15) is 11.4 Å². The molecule has 0 aromatic heterocycles. The third-order valence-corrected chi connectivity index (χ3v) is 3.95. The Bertz CT molecular complexity index is 689. The van der Waals surface area contributed by atoms with Crippen LogP contribution in [0, 0.1) is 0 Å². The predicted octanol–water partition coefficient (Wildman–Crippen LogP) is 3.69. The van der Waals surface area contributed by atoms with Crippen molar-refractivity contribution in [3.05, 3.63) is 55.9 Å². The fourth-order valence-electron chi connectivity index (χ4n) is 2.56. The number of rotatable bonds is 5. The lowest BCUT2D eigenvalue weighted by molar-refractivity contribution is 0.800. The summed E-state index contributed by atoms with van der Waals surface area (Å²) < 4.78 is 0. The van der Waals surface area contributed by atoms with Gasteiger partial charge in [-0.3, -0.25) is 9.59 Å². The summed E-state index contributed by atoms with van der Waals surface area (Å²) in [5, 5.41) is 3.13. The molecule has 0 amide bonds. The van der Waals surface area contributed by atoms with E-state index >= 15 is 0 Å². The van der Waals surface area contributed by atoms with E-state index in [1.807, 2.05) is 6.08 Å². The minimum absolute atomic E-state index is 0.0436. The molecule has 2 rings (SSSR count). The number of nitrogen functional groups attached to an aromatic ring is 1. The molecular formula is C19H28N2O2. The molecule has 1 aliphatic rings. The van der Waals surface area contributed by atoms with Crippen LogP contribution in [-0.2, 0) is 0 Å². The van der Waals surface area contributed by atoms with E-state index in [0.29, 0.717) is 0 Å². The van der Waals surface area contributed by atoms with Crippen molar-refractivity contribution in [2.24, 2.45) is 0 Å². The maximum atomic E-state index is 11.5. The molecule has 3 N–H and O–H groups in total. The van der Waals surface area contributed by atoms with Gasteiger partial charge in [0, 0.05) is 0 Å². The smallest absolute Gasteiger partial charge is 0.253 e. The average molecular weight is 316 g/mol. The summed E-state index contributed by atoms with van der Waals surface area (Å²) in [5.41, 5.74) is 8.45. The van der Waals surface area contributed by atoms with E-state index in [1.165, 1.54) is 17.6 Å². The Morgan fingerprint density at radius 2 is 1.91 bits per heavy atom. The summed E-state index contributed by atoms with van der Waals surface area (Å²) in [4.78, 5) is 22.6. The van der Waals surface area contributed by atoms with Gasteiger partial charge in [0.15, 0.2) is 0 Å². The third-order valence-electron chi connectivity index (χ3n) is 3.95. The van der Waals surface area contributed by atoms with Gasteiger partial charge in [-0.2, -0.15) is 0 Å². The molecule has 0 saturated heterocycles. The zero-order valence-electron chi connectivity index (χ0n) is 14.7. The molecule has 1 unspecified atom stereocenters. The third kappa shape index (κ3) is 4.21. The first kappa shape index (κ1) is 18.9. The molecule has 0 fully saturated rings. The standard InChI is InChI=1S/C16H20N2O2.C3H8/c1-4-10(5-2)8-11-9(3)6-7-12(11)18-14-13(17)15(19)16(14)20;1-3-2/h4,8,12,18H,1,5-7,17H2,2-3H3;3H2,1-2H3/b10-8+;. The summed E-state index contributed by atoms with van der Waals surface area (Å²) in [6.45, 7) is 12.2. The molecular weight excluding hydrogens is 288 g/mol. The van der Waals surface area contributed by atoms with Crippen molar-refractivity contribution >= 4 is 11.4 Å². The molecule has 0 radical (unpaired) electrons. The van der Waals surface area contributed by atoms with Crippen LogP contribution >= 0.6 is 0 Å². The maximum Gasteiger partial charge on any atom is 0.253 e. The molecule has 1 aromatic carbocycles. The summed E-state index contributed by atoms with van der Waals surface area (Å²) in [5.74, 6) is 0. The van der Waals surface area contributed by atoms with Gasteiger partial charge in [-0.25, -0.2) is 0 Å². The first-order valence-corrected chi connectivity index (χ1v) is 8.29. The molecule has 4 heteroatoms. The highest BCUT2D eigenvalue weighted by atomic mass is 16.2. The SMILES string of the molecule is C=C/C(=C\C1=C(C)CCC1Nc1c(N)c(=O)c1=O)CC.CCC. The molecule has 23 heavy (non-hydrogen) atoms. The highest BCUT2D eigenvalue weighted by Crippen LogP contribution is 2.31. The first-order valence-electron chi connectivity index (χ1n) is 8.29. The van der Waals surface area contributed by atoms with E-state index in [9.17, 15) is 9.59 Å². The van der Waals surface area contributed by atoms with Crippen LogP contribution in [0.2, 0.25) is 0 Å². The normalized spacial score (nSPS) is 17.9. The van der Waals surface area contributed by atoms with Gasteiger partial charge in [0.25, 0.3) is 10.9 Å². The number of hydrogen-bond acceptors (Lipinski definition) is 4. The number of nitrogens with two attached hydrogens (primary N) is 1. The molecule has 1 aromatic rings. The summed E-state index contributed by atoms with van der Waals surface area (Å²) >= 11 is 0. The zero-order chi connectivity index (χ0) is 17.6. The lowest BCUT2D eigenvalue weighted by Gasteiger charge is -2.19. The molecule has 0 heterocycles. The van der Waals surface area contributed by atoms with Gasteiger partial charge >= 0.3 is 0 Å². The lowest BCUT2D eigenvalue weighted by Crippen LogP contribution is -2.39. The zero-order valence-corrected chi connectivity index (χ0v) is 14.7. The van der Waals surface area contributed by atoms with Crippen LogP contribution < -0.4 is 21.9 Å². The first-order chi connectivity index (χ1) is 10.9. The fraction of sp³-hybridized carbons (Fsp3) is 0.474. The molecule has 126 valence electrons. The molecule has 1 atom stereocenters. The molecule has 0 bridgehead atoms. The van der Waals surface area contributed by atoms with E-state index < -0.39 is 10.9 Å². The van der Waals surface area contributed by atoms with E-state index in [2.05, 4.69) is 45.7 Å². The van der Waals surface area contributed by atoms with Gasteiger partial charge in [-0.05, 0) is 37.3 Å². The van der Waals surface area contributed by atoms with Crippen LogP contribution in [0.25, 0.3) is 0 Å². The largest absolute Gasteiger partial charge is 0.394 e. The summed E-state index contributed by atoms with van der Waals surface area (Å²) in [6.07, 6.45) is 8.02. The lowest BCUT2D eigenvalue weighted by atomic mass is 10.0. The van der Waals surface area contributed by atoms with Crippen molar-refractivity contribution in [3.8, 4) is 0 Å². The maximum absolute atomic E-state index is 11.5. The number of nitrogens with one attached hydrogen (secondary N) is 1. The topological polar surface area (TPSA) is 72.2 Å². The Balaban J connectivity index is 0.000000816. The van der Waals surface area contributed by atoms with Gasteiger partial charge in [0.05, 0.1) is 6.04 Å². The Hall–Kier alpha value is -2.10. The minimum Gasteiger partial charge on any atom is -0.394 e. The van der Waals surface area contributed by atoms with Crippen LogP contribution in [0.1, 0.15) is 53.4 Å². The van der Waals surface area contributed by atoms with E-state index in [4.69, 9.17) is 5.73 Å². The Kier molecular flexibility index (Phi) is 7.01. The number of allylic oxidation sites excluding steroid dienone is 3. The van der Waals surface area contributed by atoms with Gasteiger partial charge in [0.2, 0.25) is 0 Å². The summed E-state index contributed by atoms with van der Waals surface area (Å²) in [6, 6.07) is 0.0436. The van der Waals surface area contributed by atoms with Crippen LogP contribution in [0.15, 0.2) is 45.0 Å². The fourth-order valence-corrected chi connectivity index (χ4v) is 2.56. The van der Waals surface area contributed by atoms with Crippen molar-refractivity contribution < 1.29 is 0 Å². The van der Waals surface area contributed by atoms with Crippen LogP contribution in [0.3, 0.4) is 0 Å². The summed E-state index contributed by atoms with van der Waals surface area (Å²) in [7, 11) is 0. The monoisotopic (exact) mass is 316 g/mol. The van der Waals surface area contributed by atoms with Gasteiger partial charge < -0.3 is 11.1 Å². The van der Waals surface area contributed by atoms with Crippen molar-refractivity contribution in [3.63, 3.8) is 0 Å². The van der Waals surface area contributed by atoms with E-state index in [1.54, 1.807) is 0 Å². The van der Waals surface area contributed by atoms with Gasteiger partial charge in [-0.15, -0.1) is 0 Å². The van der Waals surface area contributed by atoms with Crippen molar-refractivity contribution in [1.29, 1.82) is 0 Å². The van der Waals surface area contributed by atoms with Crippen LogP contribution in [0.5, 0.6) is 0 Å². The molecule has 0 saturated carbocycles. The molecule has 1 aliphatic carbocycles. The predicted molar refractivity (Wildman–Crippen MR) is 99.6 cm³/mol. The Morgan fingerprint density at radius 3 is 2.39 bits per heavy atom. The Morgan fingerprint density at radius 1 is 1.30 bits per heavy atom. The van der Waals surface area contributed by atoms with Gasteiger partial charge in [-0.1, -0.05) is 51.5 Å². The average Bonchev–Trinajstić information content (AvgIpc) is 2.89.